The van der Waals surface area contributed by atoms with Gasteiger partial charge in [-0.25, -0.2) is 9.78 Å². The fraction of sp³-hybridized carbons (Fsp3) is 0.333. The SMILES string of the molecule is CCN1C(=O)CCC(C)(C)c2ccc(Nc3ncc(Cl)c(Nc4ccsc4OC(=O)NC)n3)cc21. The number of rotatable bonds is 6. The zero-order chi connectivity index (χ0) is 25.2. The number of aromatic nitrogens is 2. The summed E-state index contributed by atoms with van der Waals surface area (Å²) < 4.78 is 5.25. The quantitative estimate of drug-likeness (QED) is 0.380. The van der Waals surface area contributed by atoms with E-state index in [0.29, 0.717) is 40.5 Å². The maximum atomic E-state index is 12.7. The van der Waals surface area contributed by atoms with Crippen molar-refractivity contribution in [1.29, 1.82) is 0 Å². The number of benzene rings is 1. The third-order valence-corrected chi connectivity index (χ3v) is 6.94. The Kier molecular flexibility index (Phi) is 7.13. The molecule has 3 N–H and O–H groups in total. The highest BCUT2D eigenvalue weighted by molar-refractivity contribution is 7.12. The van der Waals surface area contributed by atoms with Crippen molar-refractivity contribution >= 4 is 63.8 Å². The molecular formula is C24H27ClN6O3S. The van der Waals surface area contributed by atoms with Crippen LogP contribution in [-0.4, -0.2) is 35.6 Å². The molecule has 3 aromatic rings. The second-order valence-corrected chi connectivity index (χ2v) is 9.94. The number of fused-ring (bicyclic) bond motifs is 1. The smallest absolute Gasteiger partial charge is 0.397 e. The minimum absolute atomic E-state index is 0.115. The molecule has 35 heavy (non-hydrogen) atoms. The van der Waals surface area contributed by atoms with Crippen LogP contribution in [0.5, 0.6) is 5.06 Å². The number of thiophene rings is 1. The molecule has 0 fully saturated rings. The van der Waals surface area contributed by atoms with Crippen molar-refractivity contribution in [3.05, 3.63) is 46.4 Å². The number of carbonyl (C=O) groups is 2. The van der Waals surface area contributed by atoms with Crippen LogP contribution in [-0.2, 0) is 10.2 Å². The minimum Gasteiger partial charge on any atom is -0.397 e. The van der Waals surface area contributed by atoms with E-state index in [4.69, 9.17) is 16.3 Å². The van der Waals surface area contributed by atoms with Crippen molar-refractivity contribution in [1.82, 2.24) is 15.3 Å². The molecule has 2 amide bonds. The second kappa shape index (κ2) is 10.1. The van der Waals surface area contributed by atoms with E-state index < -0.39 is 6.09 Å². The van der Waals surface area contributed by atoms with Crippen molar-refractivity contribution in [3.8, 4) is 5.06 Å². The number of amides is 2. The van der Waals surface area contributed by atoms with Crippen LogP contribution in [0.15, 0.2) is 35.8 Å². The number of nitrogens with one attached hydrogen (secondary N) is 3. The molecule has 0 aliphatic carbocycles. The van der Waals surface area contributed by atoms with Crippen LogP contribution in [0.25, 0.3) is 0 Å². The largest absolute Gasteiger partial charge is 0.413 e. The first-order chi connectivity index (χ1) is 16.7. The maximum Gasteiger partial charge on any atom is 0.413 e. The Morgan fingerprint density at radius 3 is 2.83 bits per heavy atom. The molecule has 0 radical (unpaired) electrons. The summed E-state index contributed by atoms with van der Waals surface area (Å²) in [6.07, 6.45) is 2.23. The number of carbonyl (C=O) groups excluding carboxylic acids is 2. The summed E-state index contributed by atoms with van der Waals surface area (Å²) in [6, 6.07) is 7.74. The normalized spacial score (nSPS) is 14.7. The molecule has 11 heteroatoms. The molecule has 0 atom stereocenters. The van der Waals surface area contributed by atoms with E-state index in [-0.39, 0.29) is 11.3 Å². The Labute approximate surface area is 212 Å². The van der Waals surface area contributed by atoms with Gasteiger partial charge in [-0.1, -0.05) is 31.5 Å². The van der Waals surface area contributed by atoms with Crippen molar-refractivity contribution < 1.29 is 14.3 Å². The van der Waals surface area contributed by atoms with Crippen LogP contribution < -0.4 is 25.6 Å². The van der Waals surface area contributed by atoms with Gasteiger partial charge in [-0.3, -0.25) is 4.79 Å². The average Bonchev–Trinajstić information content (AvgIpc) is 3.23. The number of hydrogen-bond donors (Lipinski definition) is 3. The summed E-state index contributed by atoms with van der Waals surface area (Å²) in [7, 11) is 1.49. The molecule has 0 saturated heterocycles. The Balaban J connectivity index is 1.61. The first kappa shape index (κ1) is 24.7. The lowest BCUT2D eigenvalue weighted by Gasteiger charge is -2.27. The number of halogens is 1. The van der Waals surface area contributed by atoms with Crippen LogP contribution in [0, 0.1) is 0 Å². The molecule has 1 aliphatic heterocycles. The Morgan fingerprint density at radius 1 is 1.29 bits per heavy atom. The third kappa shape index (κ3) is 5.33. The van der Waals surface area contributed by atoms with E-state index >= 15 is 0 Å². The molecule has 9 nitrogen and oxygen atoms in total. The number of ether oxygens (including phenoxy) is 1. The number of nitrogens with zero attached hydrogens (tertiary/aromatic N) is 3. The van der Waals surface area contributed by atoms with Crippen molar-refractivity contribution in [3.63, 3.8) is 0 Å². The lowest BCUT2D eigenvalue weighted by molar-refractivity contribution is -0.118. The number of anilines is 5. The van der Waals surface area contributed by atoms with E-state index in [1.807, 2.05) is 24.0 Å². The Hall–Kier alpha value is -3.37. The average molecular weight is 515 g/mol. The van der Waals surface area contributed by atoms with Gasteiger partial charge in [0, 0.05) is 31.4 Å². The Morgan fingerprint density at radius 2 is 2.09 bits per heavy atom. The molecule has 184 valence electrons. The van der Waals surface area contributed by atoms with Gasteiger partial charge in [-0.15, -0.1) is 11.3 Å². The fourth-order valence-corrected chi connectivity index (χ4v) is 4.78. The predicted molar refractivity (Wildman–Crippen MR) is 140 cm³/mol. The second-order valence-electron chi connectivity index (χ2n) is 8.66. The van der Waals surface area contributed by atoms with Crippen LogP contribution in [0.3, 0.4) is 0 Å². The van der Waals surface area contributed by atoms with E-state index in [2.05, 4.69) is 45.8 Å². The topological polar surface area (TPSA) is 108 Å². The summed E-state index contributed by atoms with van der Waals surface area (Å²) in [5.41, 5.74) is 3.22. The highest BCUT2D eigenvalue weighted by Gasteiger charge is 2.32. The summed E-state index contributed by atoms with van der Waals surface area (Å²) in [5, 5.41) is 11.2. The molecule has 4 rings (SSSR count). The summed E-state index contributed by atoms with van der Waals surface area (Å²) >= 11 is 7.59. The van der Waals surface area contributed by atoms with Gasteiger partial charge in [-0.05, 0) is 47.9 Å². The zero-order valence-corrected chi connectivity index (χ0v) is 21.5. The van der Waals surface area contributed by atoms with Crippen molar-refractivity contribution in [2.45, 2.75) is 39.0 Å². The van der Waals surface area contributed by atoms with E-state index in [1.54, 1.807) is 11.4 Å². The molecular weight excluding hydrogens is 488 g/mol. The minimum atomic E-state index is -0.572. The van der Waals surface area contributed by atoms with Gasteiger partial charge < -0.3 is 25.6 Å². The van der Waals surface area contributed by atoms with Gasteiger partial charge in [-0.2, -0.15) is 4.98 Å². The molecule has 3 heterocycles. The van der Waals surface area contributed by atoms with Crippen molar-refractivity contribution in [2.24, 2.45) is 0 Å². The van der Waals surface area contributed by atoms with Gasteiger partial charge in [0.25, 0.3) is 0 Å². The summed E-state index contributed by atoms with van der Waals surface area (Å²) in [4.78, 5) is 35.0. The van der Waals surface area contributed by atoms with Crippen LogP contribution in [0.2, 0.25) is 5.02 Å². The Bertz CT molecular complexity index is 1260. The molecule has 0 spiro atoms. The van der Waals surface area contributed by atoms with Gasteiger partial charge in [0.05, 0.1) is 11.9 Å². The summed E-state index contributed by atoms with van der Waals surface area (Å²) in [5.74, 6) is 0.796. The monoisotopic (exact) mass is 514 g/mol. The highest BCUT2D eigenvalue weighted by Crippen LogP contribution is 2.41. The highest BCUT2D eigenvalue weighted by atomic mass is 35.5. The molecule has 1 aromatic carbocycles. The number of hydrogen-bond acceptors (Lipinski definition) is 8. The lowest BCUT2D eigenvalue weighted by Crippen LogP contribution is -2.29. The van der Waals surface area contributed by atoms with Gasteiger partial charge in [0.2, 0.25) is 16.9 Å². The molecule has 0 unspecified atom stereocenters. The molecule has 1 aliphatic rings. The van der Waals surface area contributed by atoms with Crippen molar-refractivity contribution in [2.75, 3.05) is 29.1 Å². The summed E-state index contributed by atoms with van der Waals surface area (Å²) in [6.45, 7) is 6.90. The van der Waals surface area contributed by atoms with E-state index in [9.17, 15) is 9.59 Å². The van der Waals surface area contributed by atoms with Crippen LogP contribution >= 0.6 is 22.9 Å². The van der Waals surface area contributed by atoms with Gasteiger partial charge in [0.15, 0.2) is 5.82 Å². The van der Waals surface area contributed by atoms with E-state index in [1.165, 1.54) is 24.6 Å². The first-order valence-corrected chi connectivity index (χ1v) is 12.5. The predicted octanol–water partition coefficient (Wildman–Crippen LogP) is 5.82. The van der Waals surface area contributed by atoms with Crippen LogP contribution in [0.1, 0.15) is 39.2 Å². The van der Waals surface area contributed by atoms with Gasteiger partial charge in [0.1, 0.15) is 5.02 Å². The fourth-order valence-electron chi connectivity index (χ4n) is 3.95. The lowest BCUT2D eigenvalue weighted by atomic mass is 9.80. The molecule has 0 bridgehead atoms. The molecule has 0 saturated carbocycles. The maximum absolute atomic E-state index is 12.7. The first-order valence-electron chi connectivity index (χ1n) is 11.2. The third-order valence-electron chi connectivity index (χ3n) is 5.87. The van der Waals surface area contributed by atoms with Crippen LogP contribution in [0.4, 0.5) is 33.6 Å². The van der Waals surface area contributed by atoms with Gasteiger partial charge >= 0.3 is 6.09 Å². The molecule has 2 aromatic heterocycles. The zero-order valence-electron chi connectivity index (χ0n) is 19.9. The standard InChI is InChI=1S/C24H27ClN6O3S/c1-5-31-18-12-14(6-7-15(18)24(2,3)10-8-19(31)32)28-22-27-13-16(25)20(30-22)29-17-9-11-35-21(17)34-23(33)26-4/h6-7,9,11-13H,5,8,10H2,1-4H3,(H,26,33)(H2,27,28,29,30). The van der Waals surface area contributed by atoms with E-state index in [0.717, 1.165) is 23.4 Å².